The van der Waals surface area contributed by atoms with Crippen LogP contribution in [0.1, 0.15) is 11.3 Å². The van der Waals surface area contributed by atoms with Gasteiger partial charge in [0.25, 0.3) is 0 Å². The van der Waals surface area contributed by atoms with Crippen LogP contribution in [-0.2, 0) is 17.8 Å². The van der Waals surface area contributed by atoms with Gasteiger partial charge in [-0.1, -0.05) is 12.1 Å². The second-order valence-electron chi connectivity index (χ2n) is 4.06. The van der Waals surface area contributed by atoms with Gasteiger partial charge in [0, 0.05) is 23.2 Å². The number of rotatable bonds is 2. The molecule has 1 N–H and O–H groups in total. The van der Waals surface area contributed by atoms with Gasteiger partial charge in [0.15, 0.2) is 0 Å². The second kappa shape index (κ2) is 4.22. The van der Waals surface area contributed by atoms with Crippen molar-refractivity contribution in [3.8, 4) is 17.0 Å². The Balaban J connectivity index is 2.05. The molecule has 1 aliphatic rings. The third-order valence-electron chi connectivity index (χ3n) is 3.04. The Labute approximate surface area is 99.6 Å². The molecule has 2 aromatic rings. The van der Waals surface area contributed by atoms with Gasteiger partial charge >= 0.3 is 0 Å². The fourth-order valence-corrected chi connectivity index (χ4v) is 2.12. The van der Waals surface area contributed by atoms with E-state index in [1.807, 2.05) is 24.3 Å². The van der Waals surface area contributed by atoms with Crippen LogP contribution >= 0.6 is 0 Å². The van der Waals surface area contributed by atoms with Gasteiger partial charge in [0.1, 0.15) is 5.75 Å². The van der Waals surface area contributed by atoms with Crippen LogP contribution in [0.4, 0.5) is 0 Å². The molecular formula is C13H14N2O2. The van der Waals surface area contributed by atoms with Gasteiger partial charge in [-0.2, -0.15) is 5.10 Å². The smallest absolute Gasteiger partial charge is 0.119 e. The van der Waals surface area contributed by atoms with Gasteiger partial charge in [-0.05, 0) is 12.1 Å². The molecule has 4 nitrogen and oxygen atoms in total. The number of aromatic nitrogens is 2. The van der Waals surface area contributed by atoms with E-state index < -0.39 is 0 Å². The molecule has 1 aromatic heterocycles. The van der Waals surface area contributed by atoms with Crippen molar-refractivity contribution in [2.75, 3.05) is 13.7 Å². The fraction of sp³-hybridized carbons (Fsp3) is 0.308. The molecule has 0 bridgehead atoms. The quantitative estimate of drug-likeness (QED) is 0.860. The molecule has 2 heterocycles. The minimum Gasteiger partial charge on any atom is -0.497 e. The number of nitrogens with zero attached hydrogens (tertiary/aromatic N) is 1. The van der Waals surface area contributed by atoms with Crippen LogP contribution in [0.5, 0.6) is 5.75 Å². The summed E-state index contributed by atoms with van der Waals surface area (Å²) in [5.74, 6) is 0.843. The van der Waals surface area contributed by atoms with Crippen molar-refractivity contribution in [3.63, 3.8) is 0 Å². The maximum absolute atomic E-state index is 5.48. The summed E-state index contributed by atoms with van der Waals surface area (Å²) in [5.41, 5.74) is 4.39. The van der Waals surface area contributed by atoms with Crippen molar-refractivity contribution in [2.45, 2.75) is 13.0 Å². The molecule has 17 heavy (non-hydrogen) atoms. The van der Waals surface area contributed by atoms with Crippen LogP contribution in [0.25, 0.3) is 11.3 Å². The number of hydrogen-bond acceptors (Lipinski definition) is 3. The van der Waals surface area contributed by atoms with E-state index in [9.17, 15) is 0 Å². The molecule has 0 atom stereocenters. The summed E-state index contributed by atoms with van der Waals surface area (Å²) in [4.78, 5) is 0. The van der Waals surface area contributed by atoms with E-state index in [-0.39, 0.29) is 0 Å². The first kappa shape index (κ1) is 10.4. The number of methoxy groups -OCH3 is 1. The largest absolute Gasteiger partial charge is 0.497 e. The minimum absolute atomic E-state index is 0.637. The van der Waals surface area contributed by atoms with E-state index in [0.717, 1.165) is 30.0 Å². The molecule has 0 amide bonds. The van der Waals surface area contributed by atoms with Crippen LogP contribution in [0.3, 0.4) is 0 Å². The predicted molar refractivity (Wildman–Crippen MR) is 63.9 cm³/mol. The molecule has 0 radical (unpaired) electrons. The zero-order valence-electron chi connectivity index (χ0n) is 9.69. The van der Waals surface area contributed by atoms with Crippen molar-refractivity contribution in [1.82, 2.24) is 10.2 Å². The van der Waals surface area contributed by atoms with Crippen molar-refractivity contribution in [2.24, 2.45) is 0 Å². The Kier molecular flexibility index (Phi) is 2.57. The van der Waals surface area contributed by atoms with Crippen LogP contribution in [0.2, 0.25) is 0 Å². The summed E-state index contributed by atoms with van der Waals surface area (Å²) in [6.45, 7) is 1.41. The highest BCUT2D eigenvalue weighted by atomic mass is 16.5. The molecular weight excluding hydrogens is 216 g/mol. The van der Waals surface area contributed by atoms with Crippen molar-refractivity contribution in [3.05, 3.63) is 35.5 Å². The van der Waals surface area contributed by atoms with Crippen LogP contribution in [0.15, 0.2) is 24.3 Å². The van der Waals surface area contributed by atoms with Crippen molar-refractivity contribution >= 4 is 0 Å². The van der Waals surface area contributed by atoms with E-state index in [2.05, 4.69) is 10.2 Å². The Morgan fingerprint density at radius 3 is 3.24 bits per heavy atom. The van der Waals surface area contributed by atoms with Crippen molar-refractivity contribution in [1.29, 1.82) is 0 Å². The SMILES string of the molecule is COc1cccc(-c2n[nH]c3c2COCC3)c1. The normalized spacial score (nSPS) is 14.4. The van der Waals surface area contributed by atoms with Crippen LogP contribution in [0, 0.1) is 0 Å². The molecule has 0 aliphatic carbocycles. The highest BCUT2D eigenvalue weighted by Gasteiger charge is 2.18. The van der Waals surface area contributed by atoms with Crippen LogP contribution in [-0.4, -0.2) is 23.9 Å². The molecule has 0 fully saturated rings. The van der Waals surface area contributed by atoms with Gasteiger partial charge in [0.05, 0.1) is 26.0 Å². The summed E-state index contributed by atoms with van der Waals surface area (Å²) in [5, 5.41) is 7.47. The summed E-state index contributed by atoms with van der Waals surface area (Å²) >= 11 is 0. The topological polar surface area (TPSA) is 47.1 Å². The lowest BCUT2D eigenvalue weighted by atomic mass is 10.0. The zero-order chi connectivity index (χ0) is 11.7. The summed E-state index contributed by atoms with van der Waals surface area (Å²) in [6, 6.07) is 7.93. The first-order valence-corrected chi connectivity index (χ1v) is 5.67. The third kappa shape index (κ3) is 1.80. The van der Waals surface area contributed by atoms with Gasteiger partial charge in [-0.3, -0.25) is 5.10 Å². The summed E-state index contributed by atoms with van der Waals surface area (Å²) in [7, 11) is 1.67. The molecule has 4 heteroatoms. The highest BCUT2D eigenvalue weighted by molar-refractivity contribution is 5.65. The second-order valence-corrected chi connectivity index (χ2v) is 4.06. The Hall–Kier alpha value is -1.81. The van der Waals surface area contributed by atoms with Crippen molar-refractivity contribution < 1.29 is 9.47 Å². The number of nitrogens with one attached hydrogen (secondary N) is 1. The van der Waals surface area contributed by atoms with E-state index in [1.54, 1.807) is 7.11 Å². The number of H-pyrrole nitrogens is 1. The lowest BCUT2D eigenvalue weighted by Gasteiger charge is -2.12. The maximum Gasteiger partial charge on any atom is 0.119 e. The number of benzene rings is 1. The van der Waals surface area contributed by atoms with Gasteiger partial charge in [-0.15, -0.1) is 0 Å². The maximum atomic E-state index is 5.48. The Bertz CT molecular complexity index is 534. The minimum atomic E-state index is 0.637. The summed E-state index contributed by atoms with van der Waals surface area (Å²) in [6.07, 6.45) is 0.909. The molecule has 0 saturated carbocycles. The van der Waals surface area contributed by atoms with E-state index >= 15 is 0 Å². The standard InChI is InChI=1S/C13H14N2O2/c1-16-10-4-2-3-9(7-10)13-11-8-17-6-5-12(11)14-15-13/h2-4,7H,5-6,8H2,1H3,(H,14,15). The molecule has 1 aliphatic heterocycles. The number of aromatic amines is 1. The predicted octanol–water partition coefficient (Wildman–Crippen LogP) is 2.16. The van der Waals surface area contributed by atoms with E-state index in [0.29, 0.717) is 6.61 Å². The van der Waals surface area contributed by atoms with Crippen LogP contribution < -0.4 is 4.74 Å². The first-order valence-electron chi connectivity index (χ1n) is 5.67. The third-order valence-corrected chi connectivity index (χ3v) is 3.04. The van der Waals surface area contributed by atoms with Gasteiger partial charge in [0.2, 0.25) is 0 Å². The number of ether oxygens (including phenoxy) is 2. The molecule has 0 spiro atoms. The average Bonchev–Trinajstić information content (AvgIpc) is 2.82. The number of hydrogen-bond donors (Lipinski definition) is 1. The first-order chi connectivity index (χ1) is 8.38. The van der Waals surface area contributed by atoms with E-state index in [1.165, 1.54) is 11.3 Å². The molecule has 0 unspecified atom stereocenters. The fourth-order valence-electron chi connectivity index (χ4n) is 2.12. The number of fused-ring (bicyclic) bond motifs is 1. The molecule has 0 saturated heterocycles. The molecule has 88 valence electrons. The summed E-state index contributed by atoms with van der Waals surface area (Å²) < 4.78 is 10.7. The lowest BCUT2D eigenvalue weighted by Crippen LogP contribution is -2.08. The van der Waals surface area contributed by atoms with Gasteiger partial charge in [-0.25, -0.2) is 0 Å². The Morgan fingerprint density at radius 2 is 2.35 bits per heavy atom. The molecule has 1 aromatic carbocycles. The zero-order valence-corrected chi connectivity index (χ0v) is 9.69. The lowest BCUT2D eigenvalue weighted by molar-refractivity contribution is 0.110. The molecule has 3 rings (SSSR count). The monoisotopic (exact) mass is 230 g/mol. The highest BCUT2D eigenvalue weighted by Crippen LogP contribution is 2.29. The van der Waals surface area contributed by atoms with E-state index in [4.69, 9.17) is 9.47 Å². The Morgan fingerprint density at radius 1 is 1.41 bits per heavy atom. The average molecular weight is 230 g/mol. The van der Waals surface area contributed by atoms with Gasteiger partial charge < -0.3 is 9.47 Å².